The van der Waals surface area contributed by atoms with Gasteiger partial charge in [0.25, 0.3) is 5.91 Å². The van der Waals surface area contributed by atoms with E-state index in [1.165, 1.54) is 0 Å². The van der Waals surface area contributed by atoms with Crippen LogP contribution in [0.1, 0.15) is 31.8 Å². The van der Waals surface area contributed by atoms with Crippen LogP contribution in [0.2, 0.25) is 0 Å². The molecule has 3 nitrogen and oxygen atoms in total. The predicted octanol–water partition coefficient (Wildman–Crippen LogP) is 4.95. The van der Waals surface area contributed by atoms with Gasteiger partial charge in [0.05, 0.1) is 5.56 Å². The summed E-state index contributed by atoms with van der Waals surface area (Å²) in [5.41, 5.74) is 2.43. The van der Waals surface area contributed by atoms with Crippen molar-refractivity contribution in [2.24, 2.45) is 0 Å². The maximum Gasteiger partial charge on any atom is 0.254 e. The Morgan fingerprint density at radius 3 is 2.04 bits per heavy atom. The van der Waals surface area contributed by atoms with Crippen LogP contribution in [0, 0.1) is 0 Å². The fourth-order valence-corrected chi connectivity index (χ4v) is 3.02. The van der Waals surface area contributed by atoms with Gasteiger partial charge in [-0.25, -0.2) is 0 Å². The lowest BCUT2D eigenvalue weighted by atomic mass is 9.97. The van der Waals surface area contributed by atoms with Crippen molar-refractivity contribution in [3.05, 3.63) is 106 Å². The van der Waals surface area contributed by atoms with E-state index in [1.807, 2.05) is 42.5 Å². The molecule has 0 aromatic heterocycles. The van der Waals surface area contributed by atoms with Crippen molar-refractivity contribution < 1.29 is 9.59 Å². The van der Waals surface area contributed by atoms with Gasteiger partial charge >= 0.3 is 0 Å². The van der Waals surface area contributed by atoms with Crippen LogP contribution in [-0.2, 0) is 6.54 Å². The third kappa shape index (κ3) is 4.09. The van der Waals surface area contributed by atoms with Crippen molar-refractivity contribution in [1.82, 2.24) is 4.90 Å². The maximum absolute atomic E-state index is 12.9. The van der Waals surface area contributed by atoms with Gasteiger partial charge in [0.1, 0.15) is 0 Å². The van der Waals surface area contributed by atoms with Gasteiger partial charge in [0.15, 0.2) is 5.78 Å². The molecule has 0 aliphatic carbocycles. The molecule has 0 saturated heterocycles. The van der Waals surface area contributed by atoms with Gasteiger partial charge in [-0.05, 0) is 35.9 Å². The van der Waals surface area contributed by atoms with Crippen LogP contribution in [-0.4, -0.2) is 23.6 Å². The van der Waals surface area contributed by atoms with E-state index in [0.29, 0.717) is 23.2 Å². The average Bonchev–Trinajstić information content (AvgIpc) is 2.68. The summed E-state index contributed by atoms with van der Waals surface area (Å²) >= 11 is 3.37. The van der Waals surface area contributed by atoms with Gasteiger partial charge in [0.2, 0.25) is 0 Å². The largest absolute Gasteiger partial charge is 0.337 e. The molecule has 0 aliphatic heterocycles. The highest BCUT2D eigenvalue weighted by molar-refractivity contribution is 9.10. The first kappa shape index (κ1) is 18.1. The van der Waals surface area contributed by atoms with Crippen molar-refractivity contribution in [2.75, 3.05) is 7.05 Å². The third-order valence-electron chi connectivity index (χ3n) is 4.12. The number of benzene rings is 3. The molecule has 3 aromatic carbocycles. The number of halogens is 1. The molecule has 1 amide bonds. The lowest BCUT2D eigenvalue weighted by molar-refractivity contribution is 0.0780. The summed E-state index contributed by atoms with van der Waals surface area (Å²) in [6.07, 6.45) is 0. The second-order valence-corrected chi connectivity index (χ2v) is 6.94. The van der Waals surface area contributed by atoms with E-state index in [-0.39, 0.29) is 11.7 Å². The third-order valence-corrected chi connectivity index (χ3v) is 4.65. The predicted molar refractivity (Wildman–Crippen MR) is 106 cm³/mol. The number of carbonyl (C=O) groups is 2. The van der Waals surface area contributed by atoms with E-state index in [1.54, 1.807) is 48.3 Å². The van der Waals surface area contributed by atoms with E-state index in [2.05, 4.69) is 15.9 Å². The first-order chi connectivity index (χ1) is 12.6. The minimum Gasteiger partial charge on any atom is -0.337 e. The number of ketones is 1. The molecule has 0 spiro atoms. The van der Waals surface area contributed by atoms with Crippen molar-refractivity contribution in [3.63, 3.8) is 0 Å². The van der Waals surface area contributed by atoms with Gasteiger partial charge in [-0.15, -0.1) is 0 Å². The van der Waals surface area contributed by atoms with E-state index in [4.69, 9.17) is 0 Å². The summed E-state index contributed by atoms with van der Waals surface area (Å²) in [7, 11) is 1.75. The molecule has 0 bridgehead atoms. The fraction of sp³-hybridized carbons (Fsp3) is 0.0909. The van der Waals surface area contributed by atoms with Crippen molar-refractivity contribution in [3.8, 4) is 0 Å². The molecule has 130 valence electrons. The Morgan fingerprint density at radius 1 is 0.808 bits per heavy atom. The normalized spacial score (nSPS) is 10.4. The Hall–Kier alpha value is -2.72. The van der Waals surface area contributed by atoms with E-state index < -0.39 is 0 Å². The summed E-state index contributed by atoms with van der Waals surface area (Å²) in [6, 6.07) is 23.9. The molecule has 0 atom stereocenters. The van der Waals surface area contributed by atoms with E-state index in [9.17, 15) is 9.59 Å². The number of nitrogens with zero attached hydrogens (tertiary/aromatic N) is 1. The lowest BCUT2D eigenvalue weighted by Gasteiger charge is -2.19. The second kappa shape index (κ2) is 8.11. The SMILES string of the molecule is CN(Cc1ccccc1)C(=O)c1ccccc1C(=O)c1ccc(Br)cc1. The molecule has 3 aromatic rings. The van der Waals surface area contributed by atoms with Crippen LogP contribution >= 0.6 is 15.9 Å². The minimum atomic E-state index is -0.171. The highest BCUT2D eigenvalue weighted by Gasteiger charge is 2.20. The van der Waals surface area contributed by atoms with Gasteiger partial charge in [-0.3, -0.25) is 9.59 Å². The Bertz CT molecular complexity index is 920. The minimum absolute atomic E-state index is 0.158. The summed E-state index contributed by atoms with van der Waals surface area (Å²) in [4.78, 5) is 27.4. The molecule has 0 aliphatic rings. The van der Waals surface area contributed by atoms with Crippen LogP contribution < -0.4 is 0 Å². The number of carbonyl (C=O) groups excluding carboxylic acids is 2. The molecule has 0 heterocycles. The van der Waals surface area contributed by atoms with Crippen molar-refractivity contribution in [2.45, 2.75) is 6.54 Å². The van der Waals surface area contributed by atoms with Crippen LogP contribution in [0.25, 0.3) is 0 Å². The summed E-state index contributed by atoms with van der Waals surface area (Å²) in [5, 5.41) is 0. The first-order valence-corrected chi connectivity index (χ1v) is 9.04. The number of hydrogen-bond donors (Lipinski definition) is 0. The molecule has 0 unspecified atom stereocenters. The number of hydrogen-bond acceptors (Lipinski definition) is 2. The highest BCUT2D eigenvalue weighted by Crippen LogP contribution is 2.19. The summed E-state index contributed by atoms with van der Waals surface area (Å²) < 4.78 is 0.904. The Morgan fingerprint density at radius 2 is 1.38 bits per heavy atom. The Kier molecular flexibility index (Phi) is 5.64. The highest BCUT2D eigenvalue weighted by atomic mass is 79.9. The van der Waals surface area contributed by atoms with Crippen molar-refractivity contribution >= 4 is 27.6 Å². The second-order valence-electron chi connectivity index (χ2n) is 6.03. The number of rotatable bonds is 5. The van der Waals surface area contributed by atoms with Crippen LogP contribution in [0.15, 0.2) is 83.3 Å². The molecule has 0 fully saturated rings. The van der Waals surface area contributed by atoms with Crippen LogP contribution in [0.5, 0.6) is 0 Å². The zero-order valence-corrected chi connectivity index (χ0v) is 15.9. The Labute approximate surface area is 161 Å². The molecule has 26 heavy (non-hydrogen) atoms. The first-order valence-electron chi connectivity index (χ1n) is 8.25. The molecule has 3 rings (SSSR count). The Balaban J connectivity index is 1.87. The molecular weight excluding hydrogens is 390 g/mol. The zero-order chi connectivity index (χ0) is 18.5. The van der Waals surface area contributed by atoms with Gasteiger partial charge in [0, 0.05) is 29.2 Å². The van der Waals surface area contributed by atoms with Crippen LogP contribution in [0.3, 0.4) is 0 Å². The molecule has 0 N–H and O–H groups in total. The smallest absolute Gasteiger partial charge is 0.254 e. The summed E-state index contributed by atoms with van der Waals surface area (Å²) in [6.45, 7) is 0.487. The maximum atomic E-state index is 12.9. The van der Waals surface area contributed by atoms with Gasteiger partial charge < -0.3 is 4.90 Å². The molecule has 4 heteroatoms. The average molecular weight is 408 g/mol. The van der Waals surface area contributed by atoms with Crippen molar-refractivity contribution in [1.29, 1.82) is 0 Å². The van der Waals surface area contributed by atoms with E-state index in [0.717, 1.165) is 10.0 Å². The van der Waals surface area contributed by atoms with E-state index >= 15 is 0 Å². The van der Waals surface area contributed by atoms with Gasteiger partial charge in [-0.2, -0.15) is 0 Å². The lowest BCUT2D eigenvalue weighted by Crippen LogP contribution is -2.27. The molecule has 0 saturated carbocycles. The van der Waals surface area contributed by atoms with Crippen LogP contribution in [0.4, 0.5) is 0 Å². The quantitative estimate of drug-likeness (QED) is 0.560. The van der Waals surface area contributed by atoms with Gasteiger partial charge in [-0.1, -0.05) is 64.5 Å². The molecular formula is C22H18BrNO2. The monoisotopic (exact) mass is 407 g/mol. The fourth-order valence-electron chi connectivity index (χ4n) is 2.76. The standard InChI is InChI=1S/C22H18BrNO2/c1-24(15-16-7-3-2-4-8-16)22(26)20-10-6-5-9-19(20)21(25)17-11-13-18(23)14-12-17/h2-14H,15H2,1H3. The zero-order valence-electron chi connectivity index (χ0n) is 14.4. The number of amides is 1. The molecule has 0 radical (unpaired) electrons. The summed E-state index contributed by atoms with van der Waals surface area (Å²) in [5.74, 6) is -0.329. The topological polar surface area (TPSA) is 37.4 Å².